The molecule has 0 radical (unpaired) electrons. The first-order valence-corrected chi connectivity index (χ1v) is 10.2. The number of fused-ring (bicyclic) bond motifs is 4. The van der Waals surface area contributed by atoms with Gasteiger partial charge < -0.3 is 19.4 Å². The van der Waals surface area contributed by atoms with Crippen molar-refractivity contribution in [3.05, 3.63) is 36.4 Å². The number of para-hydroxylation sites is 1. The Morgan fingerprint density at radius 3 is 2.93 bits per heavy atom. The maximum atomic E-state index is 13.0. The van der Waals surface area contributed by atoms with E-state index in [1.807, 2.05) is 37.3 Å². The van der Waals surface area contributed by atoms with Crippen LogP contribution in [0.3, 0.4) is 0 Å². The van der Waals surface area contributed by atoms with Gasteiger partial charge in [-0.05, 0) is 25.5 Å². The molecule has 2 amide bonds. The van der Waals surface area contributed by atoms with Crippen molar-refractivity contribution in [2.75, 3.05) is 18.2 Å². The number of nitrogens with zero attached hydrogens (tertiary/aromatic N) is 1. The smallest absolute Gasteiger partial charge is 0.248 e. The molecule has 2 aliphatic heterocycles. The number of anilines is 1. The Morgan fingerprint density at radius 1 is 1.29 bits per heavy atom. The SMILES string of the molecule is COc1cc2c(cc1NC(=O)[C@H]1CS[C@]3(C)CCC(=O)N13)oc1ccccc12. The Morgan fingerprint density at radius 2 is 2.11 bits per heavy atom. The zero-order chi connectivity index (χ0) is 19.5. The topological polar surface area (TPSA) is 71.8 Å². The van der Waals surface area contributed by atoms with Crippen molar-refractivity contribution < 1.29 is 18.7 Å². The van der Waals surface area contributed by atoms with Gasteiger partial charge in [-0.15, -0.1) is 11.8 Å². The fourth-order valence-electron chi connectivity index (χ4n) is 4.25. The van der Waals surface area contributed by atoms with Crippen LogP contribution in [0.15, 0.2) is 40.8 Å². The average molecular weight is 396 g/mol. The van der Waals surface area contributed by atoms with Gasteiger partial charge in [0, 0.05) is 29.0 Å². The van der Waals surface area contributed by atoms with Gasteiger partial charge in [-0.1, -0.05) is 18.2 Å². The van der Waals surface area contributed by atoms with Crippen LogP contribution in [-0.2, 0) is 9.59 Å². The van der Waals surface area contributed by atoms with Gasteiger partial charge in [0.15, 0.2) is 0 Å². The van der Waals surface area contributed by atoms with Crippen molar-refractivity contribution in [1.82, 2.24) is 4.90 Å². The van der Waals surface area contributed by atoms with Gasteiger partial charge in [0.1, 0.15) is 23.0 Å². The summed E-state index contributed by atoms with van der Waals surface area (Å²) >= 11 is 1.68. The quantitative estimate of drug-likeness (QED) is 0.725. The first-order valence-electron chi connectivity index (χ1n) is 9.26. The van der Waals surface area contributed by atoms with Crippen LogP contribution >= 0.6 is 11.8 Å². The molecule has 2 aromatic carbocycles. The van der Waals surface area contributed by atoms with Crippen molar-refractivity contribution in [3.63, 3.8) is 0 Å². The number of ether oxygens (including phenoxy) is 1. The molecule has 0 aliphatic carbocycles. The zero-order valence-corrected chi connectivity index (χ0v) is 16.5. The van der Waals surface area contributed by atoms with Crippen LogP contribution in [0.4, 0.5) is 5.69 Å². The molecule has 7 heteroatoms. The molecule has 3 aromatic rings. The molecule has 28 heavy (non-hydrogen) atoms. The number of carbonyl (C=O) groups excluding carboxylic acids is 2. The molecule has 1 N–H and O–H groups in total. The number of hydrogen-bond donors (Lipinski definition) is 1. The second-order valence-electron chi connectivity index (χ2n) is 7.40. The molecular formula is C21H20N2O4S. The first kappa shape index (κ1) is 17.4. The summed E-state index contributed by atoms with van der Waals surface area (Å²) < 4.78 is 11.4. The molecule has 6 nitrogen and oxygen atoms in total. The van der Waals surface area contributed by atoms with E-state index in [-0.39, 0.29) is 16.7 Å². The Labute approximate surface area is 166 Å². The average Bonchev–Trinajstić information content (AvgIpc) is 3.31. The largest absolute Gasteiger partial charge is 0.495 e. The normalized spacial score (nSPS) is 24.1. The molecular weight excluding hydrogens is 376 g/mol. The third-order valence-electron chi connectivity index (χ3n) is 5.70. The highest BCUT2D eigenvalue weighted by atomic mass is 32.2. The lowest BCUT2D eigenvalue weighted by Crippen LogP contribution is -2.48. The highest BCUT2D eigenvalue weighted by molar-refractivity contribution is 8.01. The summed E-state index contributed by atoms with van der Waals surface area (Å²) in [7, 11) is 1.57. The lowest BCUT2D eigenvalue weighted by Gasteiger charge is -2.29. The van der Waals surface area contributed by atoms with E-state index < -0.39 is 6.04 Å². The third-order valence-corrected chi connectivity index (χ3v) is 7.21. The maximum Gasteiger partial charge on any atom is 0.248 e. The molecule has 5 rings (SSSR count). The number of methoxy groups -OCH3 is 1. The summed E-state index contributed by atoms with van der Waals surface area (Å²) in [6.45, 7) is 2.04. The van der Waals surface area contributed by atoms with Gasteiger partial charge in [-0.25, -0.2) is 0 Å². The fourth-order valence-corrected chi connectivity index (χ4v) is 5.68. The lowest BCUT2D eigenvalue weighted by atomic mass is 10.1. The van der Waals surface area contributed by atoms with Gasteiger partial charge >= 0.3 is 0 Å². The molecule has 144 valence electrons. The van der Waals surface area contributed by atoms with E-state index >= 15 is 0 Å². The minimum Gasteiger partial charge on any atom is -0.495 e. The minimum atomic E-state index is -0.471. The zero-order valence-electron chi connectivity index (χ0n) is 15.7. The van der Waals surface area contributed by atoms with Crippen molar-refractivity contribution in [3.8, 4) is 5.75 Å². The number of carbonyl (C=O) groups is 2. The second-order valence-corrected chi connectivity index (χ2v) is 8.90. The van der Waals surface area contributed by atoms with Crippen LogP contribution < -0.4 is 10.1 Å². The van der Waals surface area contributed by atoms with Crippen LogP contribution in [0, 0.1) is 0 Å². The fraction of sp³-hybridized carbons (Fsp3) is 0.333. The highest BCUT2D eigenvalue weighted by Gasteiger charge is 2.52. The van der Waals surface area contributed by atoms with E-state index in [0.29, 0.717) is 29.2 Å². The summed E-state index contributed by atoms with van der Waals surface area (Å²) in [6.07, 6.45) is 1.29. The molecule has 2 atom stereocenters. The number of amides is 2. The van der Waals surface area contributed by atoms with Crippen LogP contribution in [0.1, 0.15) is 19.8 Å². The summed E-state index contributed by atoms with van der Waals surface area (Å²) in [5.41, 5.74) is 2.01. The van der Waals surface area contributed by atoms with Crippen molar-refractivity contribution >= 4 is 51.2 Å². The lowest BCUT2D eigenvalue weighted by molar-refractivity contribution is -0.135. The third kappa shape index (κ3) is 2.49. The molecule has 0 saturated carbocycles. The van der Waals surface area contributed by atoms with E-state index in [0.717, 1.165) is 22.8 Å². The molecule has 0 unspecified atom stereocenters. The number of thioether (sulfide) groups is 1. The Bertz CT molecular complexity index is 1120. The highest BCUT2D eigenvalue weighted by Crippen LogP contribution is 2.47. The number of benzene rings is 2. The molecule has 2 aliphatic rings. The van der Waals surface area contributed by atoms with Gasteiger partial charge in [0.25, 0.3) is 0 Å². The number of furan rings is 1. The van der Waals surface area contributed by atoms with Crippen molar-refractivity contribution in [1.29, 1.82) is 0 Å². The molecule has 0 bridgehead atoms. The van der Waals surface area contributed by atoms with Crippen molar-refractivity contribution in [2.45, 2.75) is 30.7 Å². The first-order chi connectivity index (χ1) is 13.5. The summed E-state index contributed by atoms with van der Waals surface area (Å²) in [4.78, 5) is 26.8. The van der Waals surface area contributed by atoms with Gasteiger partial charge in [-0.2, -0.15) is 0 Å². The van der Waals surface area contributed by atoms with Crippen LogP contribution in [0.5, 0.6) is 5.75 Å². The maximum absolute atomic E-state index is 13.0. The van der Waals surface area contributed by atoms with Gasteiger partial charge in [0.2, 0.25) is 11.8 Å². The number of rotatable bonds is 3. The Kier molecular flexibility index (Phi) is 3.84. The number of hydrogen-bond acceptors (Lipinski definition) is 5. The predicted molar refractivity (Wildman–Crippen MR) is 110 cm³/mol. The number of nitrogens with one attached hydrogen (secondary N) is 1. The van der Waals surface area contributed by atoms with Gasteiger partial charge in [0.05, 0.1) is 17.7 Å². The van der Waals surface area contributed by atoms with E-state index in [4.69, 9.17) is 9.15 Å². The van der Waals surface area contributed by atoms with Gasteiger partial charge in [-0.3, -0.25) is 9.59 Å². The summed E-state index contributed by atoms with van der Waals surface area (Å²) in [6, 6.07) is 11.0. The van der Waals surface area contributed by atoms with Crippen molar-refractivity contribution in [2.24, 2.45) is 0 Å². The molecule has 0 spiro atoms. The molecule has 2 saturated heterocycles. The van der Waals surface area contributed by atoms with E-state index in [1.54, 1.807) is 29.8 Å². The Balaban J connectivity index is 1.50. The molecule has 1 aromatic heterocycles. The summed E-state index contributed by atoms with van der Waals surface area (Å²) in [5.74, 6) is 1.02. The molecule has 3 heterocycles. The van der Waals surface area contributed by atoms with Crippen LogP contribution in [0.2, 0.25) is 0 Å². The molecule has 2 fully saturated rings. The minimum absolute atomic E-state index is 0.0485. The monoisotopic (exact) mass is 396 g/mol. The second kappa shape index (κ2) is 6.17. The van der Waals surface area contributed by atoms with E-state index in [9.17, 15) is 9.59 Å². The Hall–Kier alpha value is -2.67. The van der Waals surface area contributed by atoms with E-state index in [1.165, 1.54) is 0 Å². The predicted octanol–water partition coefficient (Wildman–Crippen LogP) is 3.99. The standard InChI is InChI=1S/C21H20N2O4S/c1-21-8-7-19(24)23(21)15(11-28-21)20(25)22-14-10-17-13(9-18(14)26-2)12-5-3-4-6-16(12)27-17/h3-6,9-10,15H,7-8,11H2,1-2H3,(H,22,25)/t15-,21-/m1/s1. The van der Waals surface area contributed by atoms with E-state index in [2.05, 4.69) is 5.32 Å². The van der Waals surface area contributed by atoms with Crippen LogP contribution in [0.25, 0.3) is 21.9 Å². The van der Waals surface area contributed by atoms with Crippen LogP contribution in [-0.4, -0.2) is 40.5 Å². The summed E-state index contributed by atoms with van der Waals surface area (Å²) in [5, 5.41) is 4.89.